The van der Waals surface area contributed by atoms with Crippen LogP contribution in [0.5, 0.6) is 5.75 Å². The first-order valence-electron chi connectivity index (χ1n) is 11.8. The van der Waals surface area contributed by atoms with E-state index in [-0.39, 0.29) is 10.9 Å². The van der Waals surface area contributed by atoms with Crippen LogP contribution >= 0.6 is 11.6 Å². The second kappa shape index (κ2) is 14.8. The normalized spacial score (nSPS) is 11.1. The Morgan fingerprint density at radius 1 is 1.11 bits per heavy atom. The third-order valence-corrected chi connectivity index (χ3v) is 5.44. The van der Waals surface area contributed by atoms with Gasteiger partial charge < -0.3 is 36.1 Å². The number of rotatable bonds is 14. The second-order valence-electron chi connectivity index (χ2n) is 8.14. The van der Waals surface area contributed by atoms with Crippen molar-refractivity contribution in [2.45, 2.75) is 0 Å². The summed E-state index contributed by atoms with van der Waals surface area (Å²) in [6.07, 6.45) is 4.64. The lowest BCUT2D eigenvalue weighted by Gasteiger charge is -2.14. The molecule has 3 rings (SSSR count). The Bertz CT molecular complexity index is 1250. The lowest BCUT2D eigenvalue weighted by atomic mass is 10.2. The summed E-state index contributed by atoms with van der Waals surface area (Å²) in [5.41, 5.74) is 7.12. The minimum atomic E-state index is -0.506. The van der Waals surface area contributed by atoms with Crippen LogP contribution < -0.4 is 26.4 Å². The van der Waals surface area contributed by atoms with Crippen LogP contribution in [0, 0.1) is 5.82 Å². The van der Waals surface area contributed by atoms with Crippen molar-refractivity contribution in [2.24, 2.45) is 5.73 Å². The van der Waals surface area contributed by atoms with E-state index in [0.29, 0.717) is 60.8 Å². The topological polar surface area (TPSA) is 127 Å². The van der Waals surface area contributed by atoms with Gasteiger partial charge in [0.15, 0.2) is 0 Å². The van der Waals surface area contributed by atoms with Gasteiger partial charge in [0, 0.05) is 43.2 Å². The number of nitrogens with two attached hydrogens (primary N) is 1. The van der Waals surface area contributed by atoms with Crippen LogP contribution in [-0.2, 0) is 9.53 Å². The Kier molecular flexibility index (Phi) is 11.2. The predicted molar refractivity (Wildman–Crippen MR) is 148 cm³/mol. The molecule has 0 spiro atoms. The van der Waals surface area contributed by atoms with Gasteiger partial charge in [-0.25, -0.2) is 14.4 Å². The molecular weight excluding hydrogens is 513 g/mol. The van der Waals surface area contributed by atoms with E-state index >= 15 is 0 Å². The number of hydrogen-bond acceptors (Lipinski definition) is 9. The molecule has 5 N–H and O–H groups in total. The summed E-state index contributed by atoms with van der Waals surface area (Å²) < 4.78 is 24.2. The van der Waals surface area contributed by atoms with Crippen LogP contribution in [0.3, 0.4) is 0 Å². The van der Waals surface area contributed by atoms with Gasteiger partial charge in [0.1, 0.15) is 29.5 Å². The number of amides is 1. The number of likely N-dealkylation sites (N-methyl/N-ethyl adjacent to an activating group) is 1. The number of carbonyl (C=O) groups is 1. The lowest BCUT2D eigenvalue weighted by Crippen LogP contribution is -2.24. The number of aromatic nitrogens is 2. The molecule has 12 heteroatoms. The molecule has 1 amide bonds. The number of hydrogen-bond donors (Lipinski definition) is 4. The van der Waals surface area contributed by atoms with Gasteiger partial charge in [0.25, 0.3) is 0 Å². The molecule has 0 aliphatic carbocycles. The van der Waals surface area contributed by atoms with Gasteiger partial charge in [0.2, 0.25) is 5.91 Å². The Balaban J connectivity index is 1.61. The van der Waals surface area contributed by atoms with Crippen molar-refractivity contribution >= 4 is 46.2 Å². The molecule has 0 atom stereocenters. The molecule has 0 saturated carbocycles. The summed E-state index contributed by atoms with van der Waals surface area (Å²) in [7, 11) is 3.49. The largest absolute Gasteiger partial charge is 0.495 e. The summed E-state index contributed by atoms with van der Waals surface area (Å²) >= 11 is 5.85. The van der Waals surface area contributed by atoms with Gasteiger partial charge >= 0.3 is 0 Å². The first kappa shape index (κ1) is 28.8. The number of ether oxygens (including phenoxy) is 2. The molecule has 10 nitrogen and oxygen atoms in total. The van der Waals surface area contributed by atoms with Crippen molar-refractivity contribution in [3.8, 4) is 5.75 Å². The van der Waals surface area contributed by atoms with Crippen LogP contribution in [0.25, 0.3) is 0 Å². The maximum absolute atomic E-state index is 13.4. The SMILES string of the molecule is COc1ccc(NC(=O)/C=C/CN(C)CCOCCN)cc1Nc1cc(Nc2ccc(F)c(Cl)c2)ncn1. The molecule has 2 aromatic carbocycles. The maximum atomic E-state index is 13.4. The Hall–Kier alpha value is -3.77. The molecule has 0 fully saturated rings. The van der Waals surface area contributed by atoms with Crippen molar-refractivity contribution in [3.63, 3.8) is 0 Å². The minimum Gasteiger partial charge on any atom is -0.495 e. The number of benzene rings is 2. The molecule has 1 aromatic heterocycles. The van der Waals surface area contributed by atoms with Crippen LogP contribution in [0.4, 0.5) is 33.1 Å². The zero-order valence-electron chi connectivity index (χ0n) is 21.2. The second-order valence-corrected chi connectivity index (χ2v) is 8.54. The highest BCUT2D eigenvalue weighted by molar-refractivity contribution is 6.31. The average molecular weight is 544 g/mol. The molecule has 0 radical (unpaired) electrons. The molecule has 0 bridgehead atoms. The molecule has 1 heterocycles. The number of nitrogens with zero attached hydrogens (tertiary/aromatic N) is 3. The number of methoxy groups -OCH3 is 1. The van der Waals surface area contributed by atoms with E-state index < -0.39 is 5.82 Å². The molecular formula is C26H31ClFN7O3. The van der Waals surface area contributed by atoms with E-state index in [9.17, 15) is 9.18 Å². The molecule has 0 aliphatic rings. The Morgan fingerprint density at radius 2 is 1.87 bits per heavy atom. The van der Waals surface area contributed by atoms with E-state index in [0.717, 1.165) is 6.54 Å². The van der Waals surface area contributed by atoms with Crippen LogP contribution in [0.1, 0.15) is 0 Å². The summed E-state index contributed by atoms with van der Waals surface area (Å²) in [4.78, 5) is 22.9. The van der Waals surface area contributed by atoms with Gasteiger partial charge in [0.05, 0.1) is 31.0 Å². The third kappa shape index (κ3) is 9.27. The molecule has 202 valence electrons. The van der Waals surface area contributed by atoms with Crippen molar-refractivity contribution < 1.29 is 18.7 Å². The Labute approximate surface area is 226 Å². The van der Waals surface area contributed by atoms with Gasteiger partial charge in [-0.05, 0) is 43.4 Å². The fourth-order valence-electron chi connectivity index (χ4n) is 3.26. The quantitative estimate of drug-likeness (QED) is 0.175. The Morgan fingerprint density at radius 3 is 2.61 bits per heavy atom. The fourth-order valence-corrected chi connectivity index (χ4v) is 3.44. The highest BCUT2D eigenvalue weighted by Crippen LogP contribution is 2.31. The summed E-state index contributed by atoms with van der Waals surface area (Å²) in [6.45, 7) is 2.95. The summed E-state index contributed by atoms with van der Waals surface area (Å²) in [5.74, 6) is 0.717. The van der Waals surface area contributed by atoms with Crippen LogP contribution in [0.15, 0.2) is 60.9 Å². The van der Waals surface area contributed by atoms with Crippen molar-refractivity contribution in [1.29, 1.82) is 0 Å². The number of nitrogens with one attached hydrogen (secondary N) is 3. The van der Waals surface area contributed by atoms with Crippen LogP contribution in [-0.4, -0.2) is 67.8 Å². The fraction of sp³-hybridized carbons (Fsp3) is 0.269. The van der Waals surface area contributed by atoms with Crippen LogP contribution in [0.2, 0.25) is 5.02 Å². The first-order chi connectivity index (χ1) is 18.4. The molecule has 3 aromatic rings. The number of carbonyl (C=O) groups excluding carboxylic acids is 1. The van der Waals surface area contributed by atoms with Crippen molar-refractivity contribution in [2.75, 3.05) is 63.0 Å². The lowest BCUT2D eigenvalue weighted by molar-refractivity contribution is -0.111. The van der Waals surface area contributed by atoms with Crippen molar-refractivity contribution in [1.82, 2.24) is 14.9 Å². The monoisotopic (exact) mass is 543 g/mol. The third-order valence-electron chi connectivity index (χ3n) is 5.15. The zero-order chi connectivity index (χ0) is 27.3. The van der Waals surface area contributed by atoms with Gasteiger partial charge in [-0.15, -0.1) is 0 Å². The summed E-state index contributed by atoms with van der Waals surface area (Å²) in [6, 6.07) is 11.2. The smallest absolute Gasteiger partial charge is 0.248 e. The molecule has 0 saturated heterocycles. The van der Waals surface area contributed by atoms with Crippen molar-refractivity contribution in [3.05, 3.63) is 71.8 Å². The number of halogens is 2. The average Bonchev–Trinajstić information content (AvgIpc) is 2.89. The summed E-state index contributed by atoms with van der Waals surface area (Å²) in [5, 5.41) is 9.07. The van der Waals surface area contributed by atoms with E-state index in [1.54, 1.807) is 43.5 Å². The standard InChI is InChI=1S/C26H31ClFN7O3/c1-35(11-13-38-12-9-29)10-3-4-26(36)33-19-6-8-23(37-2)22(15-19)34-25-16-24(30-17-31-25)32-18-5-7-21(28)20(27)14-18/h3-8,14-17H,9-13,29H2,1-2H3,(H,33,36)(H2,30,31,32,34)/b4-3+. The van der Waals surface area contributed by atoms with E-state index in [1.165, 1.54) is 24.5 Å². The molecule has 0 aliphatic heterocycles. The van der Waals surface area contributed by atoms with Gasteiger partial charge in [-0.2, -0.15) is 0 Å². The van der Waals surface area contributed by atoms with Gasteiger partial charge in [-0.1, -0.05) is 17.7 Å². The highest BCUT2D eigenvalue weighted by atomic mass is 35.5. The number of anilines is 5. The van der Waals surface area contributed by atoms with E-state index in [1.807, 2.05) is 11.9 Å². The van der Waals surface area contributed by atoms with Gasteiger partial charge in [-0.3, -0.25) is 4.79 Å². The molecule has 38 heavy (non-hydrogen) atoms. The van der Waals surface area contributed by atoms with E-state index in [2.05, 4.69) is 25.9 Å². The predicted octanol–water partition coefficient (Wildman–Crippen LogP) is 4.17. The minimum absolute atomic E-state index is 0.000735. The maximum Gasteiger partial charge on any atom is 0.248 e. The highest BCUT2D eigenvalue weighted by Gasteiger charge is 2.09. The molecule has 0 unspecified atom stereocenters. The zero-order valence-corrected chi connectivity index (χ0v) is 22.0. The van der Waals surface area contributed by atoms with E-state index in [4.69, 9.17) is 26.8 Å². The first-order valence-corrected chi connectivity index (χ1v) is 12.2.